The molecule has 1 rings (SSSR count). The molecule has 0 saturated carbocycles. The van der Waals surface area contributed by atoms with Crippen molar-refractivity contribution < 1.29 is 17.9 Å². The lowest BCUT2D eigenvalue weighted by atomic mass is 10.3. The van der Waals surface area contributed by atoms with E-state index in [1.165, 1.54) is 12.3 Å². The van der Waals surface area contributed by atoms with Crippen molar-refractivity contribution in [1.82, 2.24) is 15.6 Å². The van der Waals surface area contributed by atoms with Gasteiger partial charge in [0.25, 0.3) is 0 Å². The van der Waals surface area contributed by atoms with Gasteiger partial charge >= 0.3 is 6.18 Å². The Bertz CT molecular complexity index is 544. The standard InChI is InChI=1S/C14H17F3N4O.HI/c1-3-6-20-13(18-4-2)21-9-11-5-7-19-12(8-11)22-10-14(15,16)17;/h1,5,7-8H,4,6,9-10H2,2H3,(H2,18,20,21);1H. The second-order valence-electron chi connectivity index (χ2n) is 4.16. The Morgan fingerprint density at radius 1 is 1.43 bits per heavy atom. The summed E-state index contributed by atoms with van der Waals surface area (Å²) in [6.45, 7) is 1.77. The Hall–Kier alpha value is -1.70. The first-order valence-electron chi connectivity index (χ1n) is 6.54. The molecule has 0 fully saturated rings. The molecule has 2 N–H and O–H groups in total. The first-order chi connectivity index (χ1) is 10.4. The first-order valence-corrected chi connectivity index (χ1v) is 6.54. The number of pyridine rings is 1. The van der Waals surface area contributed by atoms with E-state index in [1.54, 1.807) is 6.07 Å². The van der Waals surface area contributed by atoms with Crippen LogP contribution in [0.2, 0.25) is 0 Å². The van der Waals surface area contributed by atoms with Crippen molar-refractivity contribution >= 4 is 29.9 Å². The van der Waals surface area contributed by atoms with Crippen molar-refractivity contribution in [2.45, 2.75) is 19.6 Å². The van der Waals surface area contributed by atoms with Crippen LogP contribution in [-0.2, 0) is 6.54 Å². The summed E-state index contributed by atoms with van der Waals surface area (Å²) in [6.07, 6.45) is 2.13. The molecule has 0 aromatic carbocycles. The second-order valence-corrected chi connectivity index (χ2v) is 4.16. The quantitative estimate of drug-likeness (QED) is 0.308. The highest BCUT2D eigenvalue weighted by Crippen LogP contribution is 2.17. The van der Waals surface area contributed by atoms with Gasteiger partial charge in [0.2, 0.25) is 5.88 Å². The van der Waals surface area contributed by atoms with Gasteiger partial charge < -0.3 is 15.4 Å². The van der Waals surface area contributed by atoms with Crippen LogP contribution in [-0.4, -0.2) is 36.8 Å². The fourth-order valence-corrected chi connectivity index (χ4v) is 1.43. The smallest absolute Gasteiger partial charge is 0.422 e. The van der Waals surface area contributed by atoms with E-state index < -0.39 is 12.8 Å². The predicted molar refractivity (Wildman–Crippen MR) is 92.9 cm³/mol. The zero-order valence-electron chi connectivity index (χ0n) is 12.5. The van der Waals surface area contributed by atoms with E-state index in [2.05, 4.69) is 31.3 Å². The molecule has 0 saturated heterocycles. The van der Waals surface area contributed by atoms with Gasteiger partial charge in [0.15, 0.2) is 12.6 Å². The van der Waals surface area contributed by atoms with Crippen molar-refractivity contribution in [1.29, 1.82) is 0 Å². The number of alkyl halides is 3. The summed E-state index contributed by atoms with van der Waals surface area (Å²) in [7, 11) is 0. The van der Waals surface area contributed by atoms with Gasteiger partial charge in [0, 0.05) is 18.8 Å². The summed E-state index contributed by atoms with van der Waals surface area (Å²) in [4.78, 5) is 7.99. The van der Waals surface area contributed by atoms with E-state index in [9.17, 15) is 13.2 Å². The molecular formula is C14H18F3IN4O. The highest BCUT2D eigenvalue weighted by atomic mass is 127. The molecule has 1 aromatic rings. The lowest BCUT2D eigenvalue weighted by Crippen LogP contribution is -2.37. The molecule has 0 aliphatic rings. The molecule has 0 radical (unpaired) electrons. The van der Waals surface area contributed by atoms with Gasteiger partial charge in [-0.1, -0.05) is 5.92 Å². The third kappa shape index (κ3) is 9.83. The van der Waals surface area contributed by atoms with Crippen LogP contribution in [0, 0.1) is 12.3 Å². The number of guanidine groups is 1. The highest BCUT2D eigenvalue weighted by Gasteiger charge is 2.28. The molecule has 128 valence electrons. The third-order valence-corrected chi connectivity index (χ3v) is 2.30. The molecule has 0 aliphatic carbocycles. The van der Waals surface area contributed by atoms with Crippen molar-refractivity contribution in [2.75, 3.05) is 19.7 Å². The molecule has 23 heavy (non-hydrogen) atoms. The van der Waals surface area contributed by atoms with Gasteiger partial charge in [-0.2, -0.15) is 13.2 Å². The van der Waals surface area contributed by atoms with E-state index in [0.717, 1.165) is 0 Å². The van der Waals surface area contributed by atoms with Crippen molar-refractivity contribution in [3.05, 3.63) is 23.9 Å². The number of aromatic nitrogens is 1. The van der Waals surface area contributed by atoms with Gasteiger partial charge in [-0.15, -0.1) is 30.4 Å². The van der Waals surface area contributed by atoms with Crippen LogP contribution in [0.4, 0.5) is 13.2 Å². The van der Waals surface area contributed by atoms with Crippen LogP contribution in [0.15, 0.2) is 23.3 Å². The molecule has 0 aliphatic heterocycles. The van der Waals surface area contributed by atoms with Crippen LogP contribution < -0.4 is 15.4 Å². The van der Waals surface area contributed by atoms with Crippen LogP contribution >= 0.6 is 24.0 Å². The summed E-state index contributed by atoms with van der Waals surface area (Å²) in [6, 6.07) is 3.06. The average molecular weight is 442 g/mol. The number of aliphatic imine (C=N–C) groups is 1. The average Bonchev–Trinajstić information content (AvgIpc) is 2.48. The fraction of sp³-hybridized carbons (Fsp3) is 0.429. The Balaban J connectivity index is 0.00000484. The van der Waals surface area contributed by atoms with E-state index >= 15 is 0 Å². The molecular weight excluding hydrogens is 424 g/mol. The first kappa shape index (κ1) is 21.3. The van der Waals surface area contributed by atoms with E-state index in [0.29, 0.717) is 24.6 Å². The number of nitrogens with one attached hydrogen (secondary N) is 2. The minimum absolute atomic E-state index is 0. The van der Waals surface area contributed by atoms with Gasteiger partial charge in [0.1, 0.15) is 0 Å². The summed E-state index contributed by atoms with van der Waals surface area (Å²) in [5.74, 6) is 2.86. The highest BCUT2D eigenvalue weighted by molar-refractivity contribution is 14.0. The Morgan fingerprint density at radius 2 is 2.17 bits per heavy atom. The summed E-state index contributed by atoms with van der Waals surface area (Å²) < 4.78 is 40.9. The lowest BCUT2D eigenvalue weighted by molar-refractivity contribution is -0.154. The van der Waals surface area contributed by atoms with E-state index in [-0.39, 0.29) is 36.4 Å². The van der Waals surface area contributed by atoms with Crippen LogP contribution in [0.3, 0.4) is 0 Å². The number of ether oxygens (including phenoxy) is 1. The van der Waals surface area contributed by atoms with Crippen LogP contribution in [0.25, 0.3) is 0 Å². The van der Waals surface area contributed by atoms with Crippen molar-refractivity contribution in [3.63, 3.8) is 0 Å². The Kier molecular flexibility index (Phi) is 10.1. The van der Waals surface area contributed by atoms with Gasteiger partial charge in [-0.05, 0) is 18.6 Å². The largest absolute Gasteiger partial charge is 0.468 e. The monoisotopic (exact) mass is 442 g/mol. The Labute approximate surface area is 150 Å². The molecule has 0 amide bonds. The molecule has 0 atom stereocenters. The zero-order chi connectivity index (χ0) is 16.4. The second kappa shape index (κ2) is 10.9. The van der Waals surface area contributed by atoms with E-state index in [4.69, 9.17) is 6.42 Å². The van der Waals surface area contributed by atoms with Gasteiger partial charge in [-0.3, -0.25) is 0 Å². The topological polar surface area (TPSA) is 58.5 Å². The van der Waals surface area contributed by atoms with Crippen LogP contribution in [0.5, 0.6) is 5.88 Å². The maximum absolute atomic E-state index is 12.1. The number of hydrogen-bond acceptors (Lipinski definition) is 3. The third-order valence-electron chi connectivity index (χ3n) is 2.30. The Morgan fingerprint density at radius 3 is 2.78 bits per heavy atom. The minimum Gasteiger partial charge on any atom is -0.468 e. The normalized spacial score (nSPS) is 11.2. The molecule has 1 heterocycles. The minimum atomic E-state index is -4.40. The van der Waals surface area contributed by atoms with E-state index in [1.807, 2.05) is 6.92 Å². The maximum Gasteiger partial charge on any atom is 0.422 e. The lowest BCUT2D eigenvalue weighted by Gasteiger charge is -2.10. The SMILES string of the molecule is C#CCNC(=NCc1ccnc(OCC(F)(F)F)c1)NCC.I. The number of hydrogen-bond donors (Lipinski definition) is 2. The predicted octanol–water partition coefficient (Wildman–Crippen LogP) is 2.33. The van der Waals surface area contributed by atoms with Gasteiger partial charge in [-0.25, -0.2) is 9.98 Å². The summed E-state index contributed by atoms with van der Waals surface area (Å²) >= 11 is 0. The molecule has 5 nitrogen and oxygen atoms in total. The number of halogens is 4. The molecule has 0 spiro atoms. The molecule has 1 aromatic heterocycles. The van der Waals surface area contributed by atoms with Crippen molar-refractivity contribution in [3.8, 4) is 18.2 Å². The number of nitrogens with zero attached hydrogens (tertiary/aromatic N) is 2. The maximum atomic E-state index is 12.1. The number of rotatable bonds is 6. The molecule has 0 bridgehead atoms. The fourth-order valence-electron chi connectivity index (χ4n) is 1.43. The van der Waals surface area contributed by atoms with Crippen LogP contribution in [0.1, 0.15) is 12.5 Å². The van der Waals surface area contributed by atoms with Crippen molar-refractivity contribution in [2.24, 2.45) is 4.99 Å². The molecule has 9 heteroatoms. The molecule has 0 unspecified atom stereocenters. The summed E-state index contributed by atoms with van der Waals surface area (Å²) in [5.41, 5.74) is 0.671. The van der Waals surface area contributed by atoms with Gasteiger partial charge in [0.05, 0.1) is 13.1 Å². The zero-order valence-corrected chi connectivity index (χ0v) is 14.8. The number of terminal acetylenes is 1. The summed E-state index contributed by atoms with van der Waals surface area (Å²) in [5, 5.41) is 5.90.